The van der Waals surface area contributed by atoms with E-state index in [9.17, 15) is 0 Å². The Morgan fingerprint density at radius 2 is 1.85 bits per heavy atom. The summed E-state index contributed by atoms with van der Waals surface area (Å²) in [7, 11) is 1.85. The van der Waals surface area contributed by atoms with Gasteiger partial charge in [-0.05, 0) is 56.1 Å². The monoisotopic (exact) mass is 357 g/mol. The summed E-state index contributed by atoms with van der Waals surface area (Å²) in [5.74, 6) is 2.90. The molecule has 5 nitrogen and oxygen atoms in total. The molecule has 144 valence electrons. The van der Waals surface area contributed by atoms with Crippen molar-refractivity contribution >= 4 is 11.8 Å². The largest absolute Gasteiger partial charge is 0.357 e. The lowest BCUT2D eigenvalue weighted by atomic mass is 9.87. The Hall–Kier alpha value is -1.78. The minimum absolute atomic E-state index is 0.556. The van der Waals surface area contributed by atoms with E-state index < -0.39 is 0 Å². The van der Waals surface area contributed by atoms with E-state index in [0.29, 0.717) is 6.04 Å². The first-order valence-corrected chi connectivity index (χ1v) is 10.4. The molecule has 2 aliphatic rings. The molecular formula is C21H35N5. The van der Waals surface area contributed by atoms with E-state index in [4.69, 9.17) is 4.98 Å². The molecule has 0 unspecified atom stereocenters. The van der Waals surface area contributed by atoms with Crippen molar-refractivity contribution in [3.63, 3.8) is 0 Å². The minimum atomic E-state index is 0.556. The summed E-state index contributed by atoms with van der Waals surface area (Å²) in [4.78, 5) is 11.5. The Kier molecular flexibility index (Phi) is 7.15. The van der Waals surface area contributed by atoms with E-state index in [1.165, 1.54) is 56.9 Å². The van der Waals surface area contributed by atoms with Crippen LogP contribution in [-0.2, 0) is 6.54 Å². The van der Waals surface area contributed by atoms with Crippen molar-refractivity contribution in [2.45, 2.75) is 70.9 Å². The van der Waals surface area contributed by atoms with E-state index in [1.54, 1.807) is 0 Å². The second-order valence-electron chi connectivity index (χ2n) is 7.95. The minimum Gasteiger partial charge on any atom is -0.357 e. The average Bonchev–Trinajstić information content (AvgIpc) is 2.96. The molecule has 0 atom stereocenters. The summed E-state index contributed by atoms with van der Waals surface area (Å²) >= 11 is 0. The molecule has 0 aromatic carbocycles. The summed E-state index contributed by atoms with van der Waals surface area (Å²) in [6.07, 6.45) is 12.4. The highest BCUT2D eigenvalue weighted by Gasteiger charge is 2.18. The second-order valence-corrected chi connectivity index (χ2v) is 7.95. The molecule has 1 aromatic heterocycles. The lowest BCUT2D eigenvalue weighted by Gasteiger charge is -2.28. The van der Waals surface area contributed by atoms with E-state index in [-0.39, 0.29) is 0 Å². The maximum absolute atomic E-state index is 4.70. The number of guanidine groups is 1. The summed E-state index contributed by atoms with van der Waals surface area (Å²) < 4.78 is 0. The molecule has 0 amide bonds. The van der Waals surface area contributed by atoms with Crippen LogP contribution in [0, 0.1) is 5.92 Å². The van der Waals surface area contributed by atoms with Crippen molar-refractivity contribution in [2.24, 2.45) is 10.9 Å². The zero-order chi connectivity index (χ0) is 18.2. The molecular weight excluding hydrogens is 322 g/mol. The van der Waals surface area contributed by atoms with Gasteiger partial charge >= 0.3 is 0 Å². The highest BCUT2D eigenvalue weighted by molar-refractivity contribution is 5.79. The van der Waals surface area contributed by atoms with Gasteiger partial charge in [-0.3, -0.25) is 4.99 Å². The lowest BCUT2D eigenvalue weighted by Crippen LogP contribution is -2.44. The SMILES string of the molecule is CN=C(NCc1ccc(N2CCCCCC2)nc1)NC1CCC(C)CC1. The van der Waals surface area contributed by atoms with Crippen LogP contribution < -0.4 is 15.5 Å². The van der Waals surface area contributed by atoms with Crippen molar-refractivity contribution in [3.8, 4) is 0 Å². The highest BCUT2D eigenvalue weighted by atomic mass is 15.2. The topological polar surface area (TPSA) is 52.6 Å². The zero-order valence-electron chi connectivity index (χ0n) is 16.5. The number of hydrogen-bond acceptors (Lipinski definition) is 3. The quantitative estimate of drug-likeness (QED) is 0.637. The van der Waals surface area contributed by atoms with Crippen LogP contribution in [-0.4, -0.2) is 37.1 Å². The zero-order valence-corrected chi connectivity index (χ0v) is 16.5. The standard InChI is InChI=1S/C21H35N5/c1-17-7-10-19(11-8-17)25-21(22-2)24-16-18-9-12-20(23-15-18)26-13-5-3-4-6-14-26/h9,12,15,17,19H,3-8,10-11,13-14,16H2,1-2H3,(H2,22,24,25). The molecule has 0 bridgehead atoms. The first kappa shape index (κ1) is 19.0. The summed E-state index contributed by atoms with van der Waals surface area (Å²) in [6, 6.07) is 4.91. The Morgan fingerprint density at radius 3 is 2.46 bits per heavy atom. The van der Waals surface area contributed by atoms with Crippen molar-refractivity contribution in [3.05, 3.63) is 23.9 Å². The third-order valence-electron chi connectivity index (χ3n) is 5.78. The number of nitrogens with one attached hydrogen (secondary N) is 2. The number of pyridine rings is 1. The Labute approximate surface area is 158 Å². The van der Waals surface area contributed by atoms with E-state index in [2.05, 4.69) is 39.6 Å². The van der Waals surface area contributed by atoms with Gasteiger partial charge in [-0.25, -0.2) is 4.98 Å². The second kappa shape index (κ2) is 9.79. The molecule has 1 saturated carbocycles. The lowest BCUT2D eigenvalue weighted by molar-refractivity contribution is 0.329. The molecule has 0 radical (unpaired) electrons. The third kappa shape index (κ3) is 5.61. The fourth-order valence-electron chi connectivity index (χ4n) is 3.99. The molecule has 0 spiro atoms. The van der Waals surface area contributed by atoms with Crippen LogP contribution in [0.25, 0.3) is 0 Å². The van der Waals surface area contributed by atoms with Gasteiger partial charge in [-0.2, -0.15) is 0 Å². The number of aliphatic imine (C=N–C) groups is 1. The van der Waals surface area contributed by atoms with Crippen molar-refractivity contribution < 1.29 is 0 Å². The van der Waals surface area contributed by atoms with E-state index >= 15 is 0 Å². The number of nitrogens with zero attached hydrogens (tertiary/aromatic N) is 3. The molecule has 26 heavy (non-hydrogen) atoms. The molecule has 2 fully saturated rings. The maximum atomic E-state index is 4.70. The van der Waals surface area contributed by atoms with Crippen LogP contribution in [0.4, 0.5) is 5.82 Å². The molecule has 2 N–H and O–H groups in total. The number of anilines is 1. The van der Waals surface area contributed by atoms with Crippen LogP contribution >= 0.6 is 0 Å². The normalized spacial score (nSPS) is 24.8. The van der Waals surface area contributed by atoms with E-state index in [0.717, 1.165) is 37.3 Å². The van der Waals surface area contributed by atoms with Crippen LogP contribution in [0.15, 0.2) is 23.3 Å². The predicted octanol–water partition coefficient (Wildman–Crippen LogP) is 3.71. The van der Waals surface area contributed by atoms with Gasteiger partial charge in [0.2, 0.25) is 0 Å². The van der Waals surface area contributed by atoms with Crippen molar-refractivity contribution in [1.29, 1.82) is 0 Å². The number of rotatable bonds is 4. The van der Waals surface area contributed by atoms with Crippen LogP contribution in [0.5, 0.6) is 0 Å². The number of hydrogen-bond donors (Lipinski definition) is 2. The van der Waals surface area contributed by atoms with Crippen molar-refractivity contribution in [1.82, 2.24) is 15.6 Å². The molecule has 1 aliphatic heterocycles. The van der Waals surface area contributed by atoms with Gasteiger partial charge in [0.25, 0.3) is 0 Å². The average molecular weight is 358 g/mol. The van der Waals surface area contributed by atoms with Crippen LogP contribution in [0.2, 0.25) is 0 Å². The fourth-order valence-corrected chi connectivity index (χ4v) is 3.99. The van der Waals surface area contributed by atoms with Crippen LogP contribution in [0.3, 0.4) is 0 Å². The first-order chi connectivity index (χ1) is 12.7. The highest BCUT2D eigenvalue weighted by Crippen LogP contribution is 2.23. The number of aromatic nitrogens is 1. The summed E-state index contributed by atoms with van der Waals surface area (Å²) in [5, 5.41) is 7.02. The van der Waals surface area contributed by atoms with Crippen molar-refractivity contribution in [2.75, 3.05) is 25.0 Å². The summed E-state index contributed by atoms with van der Waals surface area (Å²) in [6.45, 7) is 5.39. The van der Waals surface area contributed by atoms with E-state index in [1.807, 2.05) is 13.2 Å². The Bertz CT molecular complexity index is 552. The third-order valence-corrected chi connectivity index (χ3v) is 5.78. The maximum Gasteiger partial charge on any atom is 0.191 e. The Balaban J connectivity index is 1.47. The molecule has 1 saturated heterocycles. The predicted molar refractivity (Wildman–Crippen MR) is 110 cm³/mol. The molecule has 5 heteroatoms. The molecule has 3 rings (SSSR count). The summed E-state index contributed by atoms with van der Waals surface area (Å²) in [5.41, 5.74) is 1.20. The first-order valence-electron chi connectivity index (χ1n) is 10.4. The van der Waals surface area contributed by atoms with Gasteiger partial charge in [-0.15, -0.1) is 0 Å². The van der Waals surface area contributed by atoms with Gasteiger partial charge < -0.3 is 15.5 Å². The molecule has 1 aromatic rings. The van der Waals surface area contributed by atoms with Gasteiger partial charge in [-0.1, -0.05) is 25.8 Å². The molecule has 2 heterocycles. The van der Waals surface area contributed by atoms with Gasteiger partial charge in [0.15, 0.2) is 5.96 Å². The smallest absolute Gasteiger partial charge is 0.191 e. The van der Waals surface area contributed by atoms with Gasteiger partial charge in [0, 0.05) is 38.9 Å². The van der Waals surface area contributed by atoms with Gasteiger partial charge in [0.1, 0.15) is 5.82 Å². The van der Waals surface area contributed by atoms with Crippen LogP contribution in [0.1, 0.15) is 63.9 Å². The fraction of sp³-hybridized carbons (Fsp3) is 0.714. The molecule has 1 aliphatic carbocycles. The van der Waals surface area contributed by atoms with Gasteiger partial charge in [0.05, 0.1) is 0 Å². The Morgan fingerprint density at radius 1 is 1.12 bits per heavy atom.